The number of alkyl halides is 4. The highest BCUT2D eigenvalue weighted by molar-refractivity contribution is 5.94. The lowest BCUT2D eigenvalue weighted by atomic mass is 9.94. The summed E-state index contributed by atoms with van der Waals surface area (Å²) >= 11 is 0. The van der Waals surface area contributed by atoms with E-state index in [4.69, 9.17) is 0 Å². The SMILES string of the molecule is Cl.O=C(N[C@@H]1CNC[C@@H]1F)C1CCN(c2ccc(C(F)(F)F)c3ncccc23)CC1. The van der Waals surface area contributed by atoms with Crippen LogP contribution in [0.5, 0.6) is 0 Å². The minimum absolute atomic E-state index is 0. The topological polar surface area (TPSA) is 57.3 Å². The van der Waals surface area contributed by atoms with E-state index in [1.807, 2.05) is 4.90 Å². The summed E-state index contributed by atoms with van der Waals surface area (Å²) in [4.78, 5) is 18.4. The smallest absolute Gasteiger partial charge is 0.371 e. The van der Waals surface area contributed by atoms with Crippen molar-refractivity contribution < 1.29 is 22.4 Å². The second-order valence-electron chi connectivity index (χ2n) is 7.58. The van der Waals surface area contributed by atoms with E-state index >= 15 is 0 Å². The van der Waals surface area contributed by atoms with Gasteiger partial charge in [-0.3, -0.25) is 9.78 Å². The molecule has 1 aromatic heterocycles. The summed E-state index contributed by atoms with van der Waals surface area (Å²) in [5.41, 5.74) is -0.138. The molecule has 0 spiro atoms. The van der Waals surface area contributed by atoms with E-state index < -0.39 is 24.0 Å². The number of pyridine rings is 1. The number of piperidine rings is 1. The fraction of sp³-hybridized carbons (Fsp3) is 0.500. The lowest BCUT2D eigenvalue weighted by molar-refractivity contribution is -0.136. The number of nitrogens with zero attached hydrogens (tertiary/aromatic N) is 2. The summed E-state index contributed by atoms with van der Waals surface area (Å²) in [6.45, 7) is 1.75. The van der Waals surface area contributed by atoms with E-state index in [-0.39, 0.29) is 36.3 Å². The van der Waals surface area contributed by atoms with Gasteiger partial charge in [0.1, 0.15) is 6.17 Å². The molecule has 30 heavy (non-hydrogen) atoms. The molecule has 2 aliphatic heterocycles. The van der Waals surface area contributed by atoms with Crippen LogP contribution < -0.4 is 15.5 Å². The fourth-order valence-electron chi connectivity index (χ4n) is 4.13. The van der Waals surface area contributed by atoms with Crippen LogP contribution in [0, 0.1) is 5.92 Å². The van der Waals surface area contributed by atoms with Crippen molar-refractivity contribution in [1.29, 1.82) is 0 Å². The number of halogens is 5. The van der Waals surface area contributed by atoms with Gasteiger partial charge >= 0.3 is 6.18 Å². The highest BCUT2D eigenvalue weighted by Gasteiger charge is 2.35. The first kappa shape index (κ1) is 22.6. The van der Waals surface area contributed by atoms with Gasteiger partial charge in [0.15, 0.2) is 0 Å². The molecule has 0 unspecified atom stereocenters. The zero-order valence-electron chi connectivity index (χ0n) is 16.1. The summed E-state index contributed by atoms with van der Waals surface area (Å²) in [7, 11) is 0. The zero-order valence-corrected chi connectivity index (χ0v) is 16.9. The van der Waals surface area contributed by atoms with Crippen molar-refractivity contribution >= 4 is 34.9 Å². The number of anilines is 1. The predicted molar refractivity (Wildman–Crippen MR) is 109 cm³/mol. The Morgan fingerprint density at radius 1 is 1.17 bits per heavy atom. The van der Waals surface area contributed by atoms with Gasteiger partial charge in [-0.25, -0.2) is 4.39 Å². The Kier molecular flexibility index (Phi) is 6.71. The quantitative estimate of drug-likeness (QED) is 0.710. The van der Waals surface area contributed by atoms with Gasteiger partial charge in [-0.1, -0.05) is 0 Å². The zero-order chi connectivity index (χ0) is 20.6. The third kappa shape index (κ3) is 4.46. The molecule has 2 aliphatic rings. The van der Waals surface area contributed by atoms with Crippen LogP contribution in [-0.2, 0) is 11.0 Å². The number of nitrogens with one attached hydrogen (secondary N) is 2. The molecule has 1 amide bonds. The molecule has 4 rings (SSSR count). The van der Waals surface area contributed by atoms with Crippen molar-refractivity contribution in [2.24, 2.45) is 5.92 Å². The summed E-state index contributed by atoms with van der Waals surface area (Å²) in [5, 5.41) is 6.13. The van der Waals surface area contributed by atoms with Crippen LogP contribution in [0.25, 0.3) is 10.9 Å². The molecule has 2 atom stereocenters. The van der Waals surface area contributed by atoms with E-state index in [0.29, 0.717) is 43.5 Å². The molecule has 2 saturated heterocycles. The summed E-state index contributed by atoms with van der Waals surface area (Å²) in [6, 6.07) is 5.31. The van der Waals surface area contributed by atoms with Crippen molar-refractivity contribution in [3.8, 4) is 0 Å². The van der Waals surface area contributed by atoms with Gasteiger partial charge in [-0.05, 0) is 37.1 Å². The second-order valence-corrected chi connectivity index (χ2v) is 7.58. The molecule has 3 heterocycles. The van der Waals surface area contributed by atoms with Crippen LogP contribution in [0.4, 0.5) is 23.2 Å². The minimum atomic E-state index is -4.47. The van der Waals surface area contributed by atoms with E-state index in [9.17, 15) is 22.4 Å². The number of rotatable bonds is 3. The molecule has 2 fully saturated rings. The number of aromatic nitrogens is 1. The second kappa shape index (κ2) is 8.93. The molecule has 5 nitrogen and oxygen atoms in total. The Hall–Kier alpha value is -2.13. The Morgan fingerprint density at radius 3 is 2.53 bits per heavy atom. The van der Waals surface area contributed by atoms with E-state index in [2.05, 4.69) is 15.6 Å². The van der Waals surface area contributed by atoms with E-state index in [1.54, 1.807) is 12.1 Å². The first-order valence-corrected chi connectivity index (χ1v) is 9.69. The Morgan fingerprint density at radius 2 is 1.90 bits per heavy atom. The first-order chi connectivity index (χ1) is 13.8. The average molecular weight is 447 g/mol. The number of carbonyl (C=O) groups is 1. The maximum Gasteiger partial charge on any atom is 0.418 e. The van der Waals surface area contributed by atoms with Crippen LogP contribution >= 0.6 is 12.4 Å². The van der Waals surface area contributed by atoms with Gasteiger partial charge in [0, 0.05) is 49.4 Å². The van der Waals surface area contributed by atoms with Gasteiger partial charge in [0.05, 0.1) is 17.1 Å². The summed E-state index contributed by atoms with van der Waals surface area (Å²) in [6.07, 6.45) is -3.07. The molecule has 0 saturated carbocycles. The van der Waals surface area contributed by atoms with Crippen molar-refractivity contribution in [1.82, 2.24) is 15.6 Å². The molecule has 0 bridgehead atoms. The fourth-order valence-corrected chi connectivity index (χ4v) is 4.13. The first-order valence-electron chi connectivity index (χ1n) is 9.69. The number of amides is 1. The molecule has 2 aromatic rings. The van der Waals surface area contributed by atoms with Gasteiger partial charge in [-0.15, -0.1) is 12.4 Å². The minimum Gasteiger partial charge on any atom is -0.371 e. The van der Waals surface area contributed by atoms with Crippen molar-refractivity contribution in [2.75, 3.05) is 31.1 Å². The molecule has 10 heteroatoms. The number of hydrogen-bond donors (Lipinski definition) is 2. The van der Waals surface area contributed by atoms with Crippen LogP contribution in [0.3, 0.4) is 0 Å². The molecular weight excluding hydrogens is 424 g/mol. The van der Waals surface area contributed by atoms with Gasteiger partial charge < -0.3 is 15.5 Å². The summed E-state index contributed by atoms with van der Waals surface area (Å²) in [5.74, 6) is -0.377. The molecular formula is C20H23ClF4N4O. The number of carbonyl (C=O) groups excluding carboxylic acids is 1. The van der Waals surface area contributed by atoms with Gasteiger partial charge in [0.2, 0.25) is 5.91 Å². The van der Waals surface area contributed by atoms with Crippen LogP contribution in [0.2, 0.25) is 0 Å². The van der Waals surface area contributed by atoms with Gasteiger partial charge in [-0.2, -0.15) is 13.2 Å². The molecule has 2 N–H and O–H groups in total. The molecule has 0 aliphatic carbocycles. The maximum atomic E-state index is 13.7. The van der Waals surface area contributed by atoms with E-state index in [1.165, 1.54) is 12.3 Å². The van der Waals surface area contributed by atoms with Crippen LogP contribution in [0.15, 0.2) is 30.5 Å². The van der Waals surface area contributed by atoms with Gasteiger partial charge in [0.25, 0.3) is 0 Å². The highest BCUT2D eigenvalue weighted by atomic mass is 35.5. The molecule has 164 valence electrons. The largest absolute Gasteiger partial charge is 0.418 e. The number of hydrogen-bond acceptors (Lipinski definition) is 4. The Bertz CT molecular complexity index is 902. The lowest BCUT2D eigenvalue weighted by Crippen LogP contribution is -2.47. The van der Waals surface area contributed by atoms with Crippen LogP contribution in [0.1, 0.15) is 18.4 Å². The standard InChI is InChI=1S/C20H22F4N4O.ClH/c21-15-10-25-11-16(15)27-19(29)12-5-8-28(9-6-12)17-4-3-14(20(22,23)24)18-13(17)2-1-7-26-18;/h1-4,7,12,15-16,25H,5-6,8-11H2,(H,27,29);1H/t15-,16+;/m0./s1. The van der Waals surface area contributed by atoms with Crippen molar-refractivity contribution in [2.45, 2.75) is 31.2 Å². The predicted octanol–water partition coefficient (Wildman–Crippen LogP) is 3.32. The monoisotopic (exact) mass is 446 g/mol. The number of fused-ring (bicyclic) bond motifs is 1. The number of benzene rings is 1. The Labute approximate surface area is 177 Å². The van der Waals surface area contributed by atoms with E-state index in [0.717, 1.165) is 6.07 Å². The average Bonchev–Trinajstić information content (AvgIpc) is 3.11. The molecule has 1 aromatic carbocycles. The molecule has 0 radical (unpaired) electrons. The lowest BCUT2D eigenvalue weighted by Gasteiger charge is -2.34. The van der Waals surface area contributed by atoms with Crippen LogP contribution in [-0.4, -0.2) is 49.3 Å². The highest BCUT2D eigenvalue weighted by Crippen LogP contribution is 2.38. The Balaban J connectivity index is 0.00000256. The third-order valence-electron chi connectivity index (χ3n) is 5.73. The normalized spacial score (nSPS) is 22.7. The summed E-state index contributed by atoms with van der Waals surface area (Å²) < 4.78 is 53.6. The van der Waals surface area contributed by atoms with Crippen molar-refractivity contribution in [3.63, 3.8) is 0 Å². The maximum absolute atomic E-state index is 13.7. The third-order valence-corrected chi connectivity index (χ3v) is 5.73. The van der Waals surface area contributed by atoms with Crippen molar-refractivity contribution in [3.05, 3.63) is 36.0 Å².